The van der Waals surface area contributed by atoms with Gasteiger partial charge in [0.15, 0.2) is 0 Å². The molecule has 0 radical (unpaired) electrons. The number of rotatable bonds is 5. The smallest absolute Gasteiger partial charge is 0.296 e. The van der Waals surface area contributed by atoms with Crippen LogP contribution in [0.4, 0.5) is 4.39 Å². The van der Waals surface area contributed by atoms with E-state index in [2.05, 4.69) is 0 Å². The summed E-state index contributed by atoms with van der Waals surface area (Å²) >= 11 is 0. The molecule has 1 amide bonds. The van der Waals surface area contributed by atoms with E-state index in [0.29, 0.717) is 17.3 Å². The molecule has 3 aromatic rings. The van der Waals surface area contributed by atoms with E-state index in [-0.39, 0.29) is 23.4 Å². The van der Waals surface area contributed by atoms with Crippen molar-refractivity contribution in [2.75, 3.05) is 7.11 Å². The molecular weight excluding hydrogens is 401 g/mol. The lowest BCUT2D eigenvalue weighted by Crippen LogP contribution is -2.29. The molecule has 1 aromatic heterocycles. The lowest BCUT2D eigenvalue weighted by Gasteiger charge is -2.23. The molecule has 1 unspecified atom stereocenters. The molecule has 1 aliphatic rings. The summed E-state index contributed by atoms with van der Waals surface area (Å²) in [6.45, 7) is 1.87. The number of halogens is 1. The number of ether oxygens (including phenoxy) is 1. The van der Waals surface area contributed by atoms with Gasteiger partial charge in [0.2, 0.25) is 0 Å². The van der Waals surface area contributed by atoms with Gasteiger partial charge in [-0.1, -0.05) is 12.1 Å². The second-order valence-electron chi connectivity index (χ2n) is 7.23. The predicted octanol–water partition coefficient (Wildman–Crippen LogP) is 4.36. The van der Waals surface area contributed by atoms with Crippen LogP contribution < -0.4 is 4.74 Å². The minimum Gasteiger partial charge on any atom is -0.507 e. The zero-order valence-electron chi connectivity index (χ0n) is 17.0. The number of ketones is 1. The Labute approximate surface area is 178 Å². The standard InChI is InChI=1S/C24H20FNO5/c1-14-3-12-19(31-14)21-20(22(27)16-6-8-17(25)9-7-16)23(28)24(29)26(21)13-15-4-10-18(30-2)11-5-15/h3-12,21,27H,13H2,1-2H3/b22-20-. The Kier molecular flexibility index (Phi) is 5.33. The van der Waals surface area contributed by atoms with Gasteiger partial charge in [0, 0.05) is 12.1 Å². The third-order valence-electron chi connectivity index (χ3n) is 5.20. The molecule has 6 nitrogen and oxygen atoms in total. The van der Waals surface area contributed by atoms with Gasteiger partial charge in [-0.2, -0.15) is 0 Å². The molecular formula is C24H20FNO5. The van der Waals surface area contributed by atoms with Crippen molar-refractivity contribution >= 4 is 17.4 Å². The number of amides is 1. The number of nitrogens with zero attached hydrogens (tertiary/aromatic N) is 1. The van der Waals surface area contributed by atoms with E-state index in [1.54, 1.807) is 50.4 Å². The minimum atomic E-state index is -0.916. The molecule has 2 heterocycles. The van der Waals surface area contributed by atoms with Crippen LogP contribution in [-0.2, 0) is 16.1 Å². The Morgan fingerprint density at radius 1 is 1.06 bits per heavy atom. The van der Waals surface area contributed by atoms with Crippen molar-refractivity contribution in [1.82, 2.24) is 4.90 Å². The van der Waals surface area contributed by atoms with Gasteiger partial charge in [0.1, 0.15) is 34.9 Å². The number of aryl methyl sites for hydroxylation is 1. The molecule has 0 spiro atoms. The Morgan fingerprint density at radius 3 is 2.32 bits per heavy atom. The van der Waals surface area contributed by atoms with Gasteiger partial charge in [-0.25, -0.2) is 4.39 Å². The van der Waals surface area contributed by atoms with Crippen LogP contribution in [0.25, 0.3) is 5.76 Å². The fraction of sp³-hybridized carbons (Fsp3) is 0.167. The fourth-order valence-corrected chi connectivity index (χ4v) is 3.63. The maximum absolute atomic E-state index is 13.3. The number of methoxy groups -OCH3 is 1. The molecule has 1 N–H and O–H groups in total. The number of aliphatic hydroxyl groups is 1. The number of furan rings is 1. The van der Waals surface area contributed by atoms with Crippen molar-refractivity contribution in [3.05, 3.63) is 94.7 Å². The van der Waals surface area contributed by atoms with E-state index >= 15 is 0 Å². The molecule has 1 fully saturated rings. The lowest BCUT2D eigenvalue weighted by molar-refractivity contribution is -0.140. The number of hydrogen-bond donors (Lipinski definition) is 1. The average Bonchev–Trinajstić information content (AvgIpc) is 3.30. The zero-order chi connectivity index (χ0) is 22.1. The molecule has 1 atom stereocenters. The molecule has 1 aliphatic heterocycles. The van der Waals surface area contributed by atoms with E-state index in [1.165, 1.54) is 29.2 Å². The van der Waals surface area contributed by atoms with Gasteiger partial charge in [-0.05, 0) is 61.0 Å². The number of aliphatic hydroxyl groups excluding tert-OH is 1. The minimum absolute atomic E-state index is 0.0977. The van der Waals surface area contributed by atoms with Crippen LogP contribution in [0.1, 0.15) is 28.7 Å². The van der Waals surface area contributed by atoms with Crippen molar-refractivity contribution in [2.24, 2.45) is 0 Å². The molecule has 158 valence electrons. The highest BCUT2D eigenvalue weighted by Gasteiger charge is 2.47. The average molecular weight is 421 g/mol. The van der Waals surface area contributed by atoms with Crippen LogP contribution in [-0.4, -0.2) is 28.8 Å². The molecule has 0 saturated carbocycles. The monoisotopic (exact) mass is 421 g/mol. The number of hydrogen-bond acceptors (Lipinski definition) is 5. The molecule has 7 heteroatoms. The summed E-state index contributed by atoms with van der Waals surface area (Å²) in [7, 11) is 1.56. The van der Waals surface area contributed by atoms with E-state index in [1.807, 2.05) is 0 Å². The van der Waals surface area contributed by atoms with Crippen molar-refractivity contribution in [3.63, 3.8) is 0 Å². The van der Waals surface area contributed by atoms with Gasteiger partial charge >= 0.3 is 0 Å². The fourth-order valence-electron chi connectivity index (χ4n) is 3.63. The summed E-state index contributed by atoms with van der Waals surface area (Å²) in [6, 6.07) is 14.6. The molecule has 1 saturated heterocycles. The Morgan fingerprint density at radius 2 is 1.74 bits per heavy atom. The second kappa shape index (κ2) is 8.10. The maximum atomic E-state index is 13.3. The van der Waals surface area contributed by atoms with Gasteiger partial charge in [0.25, 0.3) is 11.7 Å². The maximum Gasteiger partial charge on any atom is 0.296 e. The summed E-state index contributed by atoms with van der Waals surface area (Å²) in [6.07, 6.45) is 0. The Balaban J connectivity index is 1.80. The summed E-state index contributed by atoms with van der Waals surface area (Å²) in [4.78, 5) is 27.2. The van der Waals surface area contributed by atoms with Crippen LogP contribution in [0, 0.1) is 12.7 Å². The molecule has 2 aromatic carbocycles. The van der Waals surface area contributed by atoms with Crippen LogP contribution in [0.15, 0.2) is 70.7 Å². The first-order valence-electron chi connectivity index (χ1n) is 9.62. The van der Waals surface area contributed by atoms with Gasteiger partial charge in [0.05, 0.1) is 12.7 Å². The SMILES string of the molecule is COc1ccc(CN2C(=O)C(=O)/C(=C(\O)c3ccc(F)cc3)C2c2ccc(C)o2)cc1. The summed E-state index contributed by atoms with van der Waals surface area (Å²) in [5, 5.41) is 10.9. The number of Topliss-reactive ketones (excluding diaryl/α,β-unsaturated/α-hetero) is 1. The van der Waals surface area contributed by atoms with E-state index in [4.69, 9.17) is 9.15 Å². The van der Waals surface area contributed by atoms with E-state index < -0.39 is 23.5 Å². The Hall–Kier alpha value is -3.87. The first-order valence-corrected chi connectivity index (χ1v) is 9.62. The number of likely N-dealkylation sites (tertiary alicyclic amines) is 1. The number of carbonyl (C=O) groups excluding carboxylic acids is 2. The van der Waals surface area contributed by atoms with Crippen molar-refractivity contribution < 1.29 is 28.2 Å². The predicted molar refractivity (Wildman–Crippen MR) is 111 cm³/mol. The van der Waals surface area contributed by atoms with Crippen molar-refractivity contribution in [2.45, 2.75) is 19.5 Å². The van der Waals surface area contributed by atoms with Crippen LogP contribution in [0.3, 0.4) is 0 Å². The van der Waals surface area contributed by atoms with Crippen molar-refractivity contribution in [3.8, 4) is 5.75 Å². The summed E-state index contributed by atoms with van der Waals surface area (Å²) < 4.78 is 24.2. The highest BCUT2D eigenvalue weighted by molar-refractivity contribution is 6.46. The van der Waals surface area contributed by atoms with Crippen LogP contribution in [0.5, 0.6) is 5.75 Å². The van der Waals surface area contributed by atoms with Gasteiger partial charge < -0.3 is 19.2 Å². The van der Waals surface area contributed by atoms with Crippen molar-refractivity contribution in [1.29, 1.82) is 0 Å². The number of benzene rings is 2. The van der Waals surface area contributed by atoms with Crippen LogP contribution in [0.2, 0.25) is 0 Å². The Bertz CT molecular complexity index is 1160. The van der Waals surface area contributed by atoms with Gasteiger partial charge in [-0.15, -0.1) is 0 Å². The second-order valence-corrected chi connectivity index (χ2v) is 7.23. The highest BCUT2D eigenvalue weighted by atomic mass is 19.1. The van der Waals surface area contributed by atoms with E-state index in [9.17, 15) is 19.1 Å². The summed E-state index contributed by atoms with van der Waals surface area (Å²) in [5.41, 5.74) is 0.911. The van der Waals surface area contributed by atoms with Crippen LogP contribution >= 0.6 is 0 Å². The first kappa shape index (κ1) is 20.4. The third kappa shape index (κ3) is 3.82. The largest absolute Gasteiger partial charge is 0.507 e. The zero-order valence-corrected chi connectivity index (χ0v) is 17.0. The number of carbonyl (C=O) groups is 2. The summed E-state index contributed by atoms with van der Waals surface area (Å²) in [5.74, 6) is -0.807. The van der Waals surface area contributed by atoms with Gasteiger partial charge in [-0.3, -0.25) is 9.59 Å². The normalized spacial score (nSPS) is 17.9. The molecule has 0 aliphatic carbocycles. The van der Waals surface area contributed by atoms with E-state index in [0.717, 1.165) is 5.56 Å². The lowest BCUT2D eigenvalue weighted by atomic mass is 9.99. The molecule has 31 heavy (non-hydrogen) atoms. The quantitative estimate of drug-likeness (QED) is 0.376. The molecule has 4 rings (SSSR count). The topological polar surface area (TPSA) is 80.0 Å². The highest BCUT2D eigenvalue weighted by Crippen LogP contribution is 2.40. The third-order valence-corrected chi connectivity index (χ3v) is 5.20. The first-order chi connectivity index (χ1) is 14.9. The molecule has 0 bridgehead atoms.